The van der Waals surface area contributed by atoms with Gasteiger partial charge in [-0.15, -0.1) is 0 Å². The Hall–Kier alpha value is -2.90. The second kappa shape index (κ2) is 5.82. The molecule has 0 unspecified atom stereocenters. The van der Waals surface area contributed by atoms with Crippen molar-refractivity contribution in [2.24, 2.45) is 0 Å². The van der Waals surface area contributed by atoms with Crippen molar-refractivity contribution in [3.63, 3.8) is 0 Å². The number of nitrogens with zero attached hydrogens (tertiary/aromatic N) is 1. The first kappa shape index (κ1) is 15.4. The Balaban J connectivity index is 1.82. The lowest BCUT2D eigenvalue weighted by molar-refractivity contribution is 0.958. The summed E-state index contributed by atoms with van der Waals surface area (Å²) in [6.07, 6.45) is 0. The van der Waals surface area contributed by atoms with Gasteiger partial charge >= 0.3 is 9.75 Å². The summed E-state index contributed by atoms with van der Waals surface area (Å²) in [6, 6.07) is 19.7. The fourth-order valence-corrected chi connectivity index (χ4v) is 5.39. The third-order valence-corrected chi connectivity index (χ3v) is 6.30. The van der Waals surface area contributed by atoms with Crippen molar-refractivity contribution in [2.45, 2.75) is 5.92 Å². The number of hydrogen-bond acceptors (Lipinski definition) is 5. The first-order valence-corrected chi connectivity index (χ1v) is 9.72. The van der Waals surface area contributed by atoms with Crippen LogP contribution in [0.3, 0.4) is 0 Å². The van der Waals surface area contributed by atoms with Crippen LogP contribution in [0, 0.1) is 0 Å². The molecule has 4 aromatic rings. The number of hydrogen-bond donors (Lipinski definition) is 2. The molecule has 0 saturated carbocycles. The zero-order valence-electron chi connectivity index (χ0n) is 13.4. The molecule has 1 aliphatic heterocycles. The maximum atomic E-state index is 12.2. The van der Waals surface area contributed by atoms with E-state index in [2.05, 4.69) is 9.97 Å². The highest BCUT2D eigenvalue weighted by atomic mass is 32.1. The van der Waals surface area contributed by atoms with Gasteiger partial charge in [0.25, 0.3) is 0 Å². The van der Waals surface area contributed by atoms with Crippen LogP contribution >= 0.6 is 22.7 Å². The predicted octanol–water partition coefficient (Wildman–Crippen LogP) is 4.15. The van der Waals surface area contributed by atoms with E-state index in [1.54, 1.807) is 0 Å². The topological polar surface area (TPSA) is 69.0 Å². The minimum atomic E-state index is -0.130. The zero-order valence-corrected chi connectivity index (χ0v) is 15.1. The Morgan fingerprint density at radius 3 is 1.77 bits per heavy atom. The van der Waals surface area contributed by atoms with Crippen molar-refractivity contribution in [1.82, 2.24) is 9.97 Å². The first-order valence-electron chi connectivity index (χ1n) is 8.08. The lowest BCUT2D eigenvalue weighted by Gasteiger charge is -2.31. The Morgan fingerprint density at radius 2 is 1.23 bits per heavy atom. The summed E-state index contributed by atoms with van der Waals surface area (Å²) < 4.78 is 0. The van der Waals surface area contributed by atoms with Gasteiger partial charge in [-0.1, -0.05) is 71.2 Å². The summed E-state index contributed by atoms with van der Waals surface area (Å²) >= 11 is 2.40. The maximum absolute atomic E-state index is 12.2. The number of benzene rings is 2. The van der Waals surface area contributed by atoms with Crippen LogP contribution in [0.2, 0.25) is 0 Å². The van der Waals surface area contributed by atoms with E-state index in [4.69, 9.17) is 0 Å². The van der Waals surface area contributed by atoms with Crippen LogP contribution in [0.5, 0.6) is 0 Å². The largest absolute Gasteiger partial charge is 0.306 e. The standard InChI is InChI=1S/C19H13N3O2S2/c23-18-20-16-14(25-18)13(11-7-3-1-4-8-11)15-17(21-19(24)26-15)22(16)12-9-5-2-6-10-12/h1-10,13H,(H,20,23)(H,21,24). The van der Waals surface area contributed by atoms with Gasteiger partial charge in [-0.05, 0) is 17.7 Å². The predicted molar refractivity (Wildman–Crippen MR) is 106 cm³/mol. The maximum Gasteiger partial charge on any atom is 0.306 e. The number of thiazole rings is 2. The Labute approximate surface area is 156 Å². The molecule has 128 valence electrons. The molecular formula is C19H13N3O2S2. The van der Waals surface area contributed by atoms with Gasteiger partial charge in [0, 0.05) is 5.69 Å². The molecule has 0 bridgehead atoms. The Morgan fingerprint density at radius 1 is 0.731 bits per heavy atom. The van der Waals surface area contributed by atoms with Crippen LogP contribution in [0.1, 0.15) is 21.2 Å². The molecule has 2 aromatic heterocycles. The quantitative estimate of drug-likeness (QED) is 0.484. The van der Waals surface area contributed by atoms with Crippen molar-refractivity contribution in [3.8, 4) is 0 Å². The van der Waals surface area contributed by atoms with E-state index in [1.165, 1.54) is 22.7 Å². The normalized spacial score (nSPS) is 13.5. The molecule has 5 nitrogen and oxygen atoms in total. The van der Waals surface area contributed by atoms with Crippen LogP contribution in [-0.2, 0) is 0 Å². The number of aromatic nitrogens is 2. The highest BCUT2D eigenvalue weighted by Gasteiger charge is 2.37. The van der Waals surface area contributed by atoms with E-state index >= 15 is 0 Å². The van der Waals surface area contributed by atoms with E-state index < -0.39 is 0 Å². The summed E-state index contributed by atoms with van der Waals surface area (Å²) in [4.78, 5) is 33.9. The lowest BCUT2D eigenvalue weighted by atomic mass is 9.93. The summed E-state index contributed by atoms with van der Waals surface area (Å²) in [5.74, 6) is 1.32. The molecule has 2 aromatic carbocycles. The molecule has 0 aliphatic carbocycles. The average Bonchev–Trinajstić information content (AvgIpc) is 3.22. The van der Waals surface area contributed by atoms with Gasteiger partial charge in [0.15, 0.2) is 0 Å². The minimum Gasteiger partial charge on any atom is -0.298 e. The van der Waals surface area contributed by atoms with Crippen molar-refractivity contribution in [3.05, 3.63) is 95.3 Å². The zero-order chi connectivity index (χ0) is 17.7. The number of para-hydroxylation sites is 1. The summed E-state index contributed by atoms with van der Waals surface area (Å²) in [5.41, 5.74) is 1.96. The monoisotopic (exact) mass is 379 g/mol. The van der Waals surface area contributed by atoms with Crippen molar-refractivity contribution >= 4 is 40.0 Å². The van der Waals surface area contributed by atoms with Gasteiger partial charge in [-0.2, -0.15) is 0 Å². The molecule has 0 saturated heterocycles. The number of aromatic amines is 2. The van der Waals surface area contributed by atoms with Gasteiger partial charge < -0.3 is 0 Å². The third-order valence-electron chi connectivity index (χ3n) is 4.43. The molecule has 0 fully saturated rings. The average molecular weight is 379 g/mol. The van der Waals surface area contributed by atoms with Gasteiger partial charge in [-0.3, -0.25) is 24.5 Å². The number of rotatable bonds is 2. The fraction of sp³-hybridized carbons (Fsp3) is 0.0526. The molecule has 1 aliphatic rings. The molecule has 0 radical (unpaired) electrons. The molecular weight excluding hydrogens is 366 g/mol. The first-order chi connectivity index (χ1) is 12.7. The molecule has 0 atom stereocenters. The minimum absolute atomic E-state index is 0.102. The molecule has 0 amide bonds. The van der Waals surface area contributed by atoms with Gasteiger partial charge in [0.05, 0.1) is 15.7 Å². The second-order valence-corrected chi connectivity index (χ2v) is 8.00. The van der Waals surface area contributed by atoms with Crippen molar-refractivity contribution in [2.75, 3.05) is 4.90 Å². The molecule has 7 heteroatoms. The van der Waals surface area contributed by atoms with Crippen molar-refractivity contribution in [1.29, 1.82) is 0 Å². The van der Waals surface area contributed by atoms with E-state index in [0.29, 0.717) is 0 Å². The van der Waals surface area contributed by atoms with E-state index in [0.717, 1.165) is 32.6 Å². The van der Waals surface area contributed by atoms with E-state index in [1.807, 2.05) is 65.6 Å². The number of anilines is 3. The molecule has 0 spiro atoms. The molecule has 26 heavy (non-hydrogen) atoms. The van der Waals surface area contributed by atoms with Crippen molar-refractivity contribution < 1.29 is 0 Å². The van der Waals surface area contributed by atoms with Gasteiger partial charge in [0.2, 0.25) is 0 Å². The van der Waals surface area contributed by atoms with Crippen LogP contribution in [0.15, 0.2) is 70.3 Å². The molecule has 2 N–H and O–H groups in total. The SMILES string of the molecule is O=c1[nH]c2c(s1)C(c1ccccc1)c1sc(=O)[nH]c1N2c1ccccc1. The number of fused-ring (bicyclic) bond motifs is 2. The molecule has 3 heterocycles. The summed E-state index contributed by atoms with van der Waals surface area (Å²) in [7, 11) is 0. The highest BCUT2D eigenvalue weighted by molar-refractivity contribution is 7.11. The smallest absolute Gasteiger partial charge is 0.298 e. The van der Waals surface area contributed by atoms with E-state index in [9.17, 15) is 9.59 Å². The van der Waals surface area contributed by atoms with Gasteiger partial charge in [-0.25, -0.2) is 0 Å². The number of nitrogens with one attached hydrogen (secondary N) is 2. The highest BCUT2D eigenvalue weighted by Crippen LogP contribution is 2.51. The van der Waals surface area contributed by atoms with E-state index in [-0.39, 0.29) is 15.7 Å². The summed E-state index contributed by atoms with van der Waals surface area (Å²) in [6.45, 7) is 0. The summed E-state index contributed by atoms with van der Waals surface area (Å²) in [5, 5.41) is 0. The second-order valence-electron chi connectivity index (χ2n) is 5.97. The van der Waals surface area contributed by atoms with Gasteiger partial charge in [0.1, 0.15) is 11.6 Å². The van der Waals surface area contributed by atoms with Crippen LogP contribution in [-0.4, -0.2) is 9.97 Å². The van der Waals surface area contributed by atoms with Crippen LogP contribution < -0.4 is 14.6 Å². The fourth-order valence-electron chi connectivity index (χ4n) is 3.40. The van der Waals surface area contributed by atoms with Crippen LogP contribution in [0.4, 0.5) is 17.3 Å². The Kier molecular flexibility index (Phi) is 3.44. The number of H-pyrrole nitrogens is 2. The van der Waals surface area contributed by atoms with Crippen LogP contribution in [0.25, 0.3) is 0 Å². The Bertz CT molecular complexity index is 1040. The third kappa shape index (κ3) is 2.28. The molecule has 5 rings (SSSR count). The lowest BCUT2D eigenvalue weighted by Crippen LogP contribution is -2.21.